The Morgan fingerprint density at radius 1 is 1.20 bits per heavy atom. The number of nitrogens with zero attached hydrogens (tertiary/aromatic N) is 2. The average Bonchev–Trinajstić information content (AvgIpc) is 2.61. The van der Waals surface area contributed by atoms with Gasteiger partial charge in [-0.25, -0.2) is 0 Å². The number of hydrogen-bond donors (Lipinski definition) is 0. The summed E-state index contributed by atoms with van der Waals surface area (Å²) >= 11 is 6.08. The van der Waals surface area contributed by atoms with E-state index in [2.05, 4.69) is 6.07 Å². The van der Waals surface area contributed by atoms with Crippen LogP contribution in [0, 0.1) is 6.92 Å². The number of carbonyl (C=O) groups is 2. The van der Waals surface area contributed by atoms with Crippen molar-refractivity contribution in [2.45, 2.75) is 26.7 Å². The van der Waals surface area contributed by atoms with Crippen LogP contribution < -0.4 is 9.80 Å². The van der Waals surface area contributed by atoms with E-state index in [1.807, 2.05) is 31.2 Å². The van der Waals surface area contributed by atoms with Crippen molar-refractivity contribution >= 4 is 34.8 Å². The van der Waals surface area contributed by atoms with Gasteiger partial charge in [0.2, 0.25) is 11.8 Å². The fraction of sp³-hybridized carbons (Fsp3) is 0.300. The zero-order valence-electron chi connectivity index (χ0n) is 14.5. The average molecular weight is 357 g/mol. The molecule has 4 nitrogen and oxygen atoms in total. The summed E-state index contributed by atoms with van der Waals surface area (Å²) in [6.45, 7) is 4.06. The lowest BCUT2D eigenvalue weighted by molar-refractivity contribution is -0.121. The molecule has 2 amide bonds. The van der Waals surface area contributed by atoms with Gasteiger partial charge in [0.1, 0.15) is 6.54 Å². The first-order valence-corrected chi connectivity index (χ1v) is 8.77. The molecule has 130 valence electrons. The summed E-state index contributed by atoms with van der Waals surface area (Å²) < 4.78 is 0. The van der Waals surface area contributed by atoms with Gasteiger partial charge in [-0.2, -0.15) is 0 Å². The van der Waals surface area contributed by atoms with Crippen LogP contribution in [0.1, 0.15) is 24.5 Å². The molecule has 1 aliphatic rings. The van der Waals surface area contributed by atoms with Gasteiger partial charge in [0.25, 0.3) is 0 Å². The molecule has 0 aliphatic carbocycles. The number of aryl methyl sites for hydroxylation is 2. The summed E-state index contributed by atoms with van der Waals surface area (Å²) in [5.74, 6) is -0.259. The van der Waals surface area contributed by atoms with E-state index >= 15 is 0 Å². The highest BCUT2D eigenvalue weighted by Crippen LogP contribution is 2.28. The quantitative estimate of drug-likeness (QED) is 0.834. The minimum Gasteiger partial charge on any atom is -0.311 e. The largest absolute Gasteiger partial charge is 0.311 e. The third-order valence-electron chi connectivity index (χ3n) is 4.55. The van der Waals surface area contributed by atoms with Gasteiger partial charge in [0.15, 0.2) is 0 Å². The Morgan fingerprint density at radius 2 is 1.96 bits per heavy atom. The molecule has 2 aromatic carbocycles. The number of fused-ring (bicyclic) bond motifs is 1. The van der Waals surface area contributed by atoms with Crippen molar-refractivity contribution < 1.29 is 9.59 Å². The van der Waals surface area contributed by atoms with E-state index in [0.29, 0.717) is 17.3 Å². The molecule has 0 N–H and O–H groups in total. The van der Waals surface area contributed by atoms with Crippen LogP contribution in [0.4, 0.5) is 11.4 Å². The van der Waals surface area contributed by atoms with Crippen LogP contribution >= 0.6 is 11.6 Å². The van der Waals surface area contributed by atoms with Crippen LogP contribution in [0.3, 0.4) is 0 Å². The highest BCUT2D eigenvalue weighted by Gasteiger charge is 2.26. The second-order valence-electron chi connectivity index (χ2n) is 6.31. The van der Waals surface area contributed by atoms with Gasteiger partial charge in [0.05, 0.1) is 0 Å². The van der Waals surface area contributed by atoms with E-state index in [1.54, 1.807) is 17.0 Å². The molecule has 0 bridgehead atoms. The Hall–Kier alpha value is -2.33. The van der Waals surface area contributed by atoms with Crippen molar-refractivity contribution in [3.63, 3.8) is 0 Å². The molecule has 0 fully saturated rings. The number of halogens is 1. The van der Waals surface area contributed by atoms with Gasteiger partial charge in [-0.1, -0.05) is 35.9 Å². The van der Waals surface area contributed by atoms with Gasteiger partial charge in [-0.15, -0.1) is 0 Å². The number of para-hydroxylation sites is 1. The van der Waals surface area contributed by atoms with Crippen LogP contribution in [-0.4, -0.2) is 24.9 Å². The van der Waals surface area contributed by atoms with Gasteiger partial charge in [-0.05, 0) is 49.1 Å². The molecule has 5 heteroatoms. The third kappa shape index (κ3) is 3.69. The molecule has 0 aromatic heterocycles. The number of amides is 2. The zero-order valence-corrected chi connectivity index (χ0v) is 15.2. The predicted octanol–water partition coefficient (Wildman–Crippen LogP) is 3.98. The van der Waals surface area contributed by atoms with Crippen LogP contribution in [0.5, 0.6) is 0 Å². The molecule has 1 aliphatic heterocycles. The topological polar surface area (TPSA) is 40.6 Å². The smallest absolute Gasteiger partial charge is 0.247 e. The summed E-state index contributed by atoms with van der Waals surface area (Å²) in [7, 11) is 0. The Morgan fingerprint density at radius 3 is 2.72 bits per heavy atom. The van der Waals surface area contributed by atoms with Crippen molar-refractivity contribution in [3.8, 4) is 0 Å². The molecule has 0 unspecified atom stereocenters. The molecule has 1 heterocycles. The lowest BCUT2D eigenvalue weighted by Gasteiger charge is -2.32. The van der Waals surface area contributed by atoms with E-state index in [9.17, 15) is 9.59 Å². The fourth-order valence-corrected chi connectivity index (χ4v) is 3.42. The Kier molecular flexibility index (Phi) is 5.09. The highest BCUT2D eigenvalue weighted by atomic mass is 35.5. The minimum absolute atomic E-state index is 0.00481. The van der Waals surface area contributed by atoms with Crippen molar-refractivity contribution in [1.82, 2.24) is 0 Å². The molecular weight excluding hydrogens is 336 g/mol. The summed E-state index contributed by atoms with van der Waals surface area (Å²) in [5.41, 5.74) is 3.71. The van der Waals surface area contributed by atoms with Crippen LogP contribution in [-0.2, 0) is 16.0 Å². The molecule has 3 rings (SSSR count). The van der Waals surface area contributed by atoms with E-state index in [-0.39, 0.29) is 18.4 Å². The number of anilines is 2. The standard InChI is InChI=1S/C20H21ClN2O2/c1-14-9-10-17(21)12-19(14)23(15(2)24)13-20(25)22-11-5-7-16-6-3-4-8-18(16)22/h3-4,6,8-10,12H,5,7,11,13H2,1-2H3. The van der Waals surface area contributed by atoms with Crippen LogP contribution in [0.25, 0.3) is 0 Å². The lowest BCUT2D eigenvalue weighted by atomic mass is 10.0. The van der Waals surface area contributed by atoms with Gasteiger partial charge in [0, 0.05) is 29.9 Å². The predicted molar refractivity (Wildman–Crippen MR) is 101 cm³/mol. The first-order valence-electron chi connectivity index (χ1n) is 8.40. The number of hydrogen-bond acceptors (Lipinski definition) is 2. The molecule has 0 saturated carbocycles. The van der Waals surface area contributed by atoms with E-state index < -0.39 is 0 Å². The van der Waals surface area contributed by atoms with Gasteiger partial charge in [-0.3, -0.25) is 9.59 Å². The second-order valence-corrected chi connectivity index (χ2v) is 6.75. The molecule has 0 atom stereocenters. The first-order chi connectivity index (χ1) is 12.0. The summed E-state index contributed by atoms with van der Waals surface area (Å²) in [5, 5.41) is 0.544. The van der Waals surface area contributed by atoms with Gasteiger partial charge < -0.3 is 9.80 Å². The normalized spacial score (nSPS) is 13.3. The van der Waals surface area contributed by atoms with Crippen LogP contribution in [0.2, 0.25) is 5.02 Å². The third-order valence-corrected chi connectivity index (χ3v) is 4.78. The highest BCUT2D eigenvalue weighted by molar-refractivity contribution is 6.31. The second kappa shape index (κ2) is 7.28. The molecule has 0 saturated heterocycles. The van der Waals surface area contributed by atoms with E-state index in [4.69, 9.17) is 11.6 Å². The minimum atomic E-state index is -0.177. The monoisotopic (exact) mass is 356 g/mol. The van der Waals surface area contributed by atoms with Crippen molar-refractivity contribution in [3.05, 3.63) is 58.6 Å². The fourth-order valence-electron chi connectivity index (χ4n) is 3.25. The van der Waals surface area contributed by atoms with Gasteiger partial charge >= 0.3 is 0 Å². The number of rotatable bonds is 3. The van der Waals surface area contributed by atoms with Crippen LogP contribution in [0.15, 0.2) is 42.5 Å². The van der Waals surface area contributed by atoms with E-state index in [0.717, 1.165) is 24.1 Å². The first kappa shape index (κ1) is 17.5. The molecule has 0 radical (unpaired) electrons. The van der Waals surface area contributed by atoms with Crippen molar-refractivity contribution in [2.75, 3.05) is 22.9 Å². The summed E-state index contributed by atoms with van der Waals surface area (Å²) in [6, 6.07) is 13.3. The lowest BCUT2D eigenvalue weighted by Crippen LogP contribution is -2.44. The molecule has 0 spiro atoms. The molecule has 25 heavy (non-hydrogen) atoms. The summed E-state index contributed by atoms with van der Waals surface area (Å²) in [4.78, 5) is 28.4. The zero-order chi connectivity index (χ0) is 18.0. The maximum Gasteiger partial charge on any atom is 0.247 e. The van der Waals surface area contributed by atoms with Crippen molar-refractivity contribution in [2.24, 2.45) is 0 Å². The maximum absolute atomic E-state index is 12.9. The Balaban J connectivity index is 1.88. The van der Waals surface area contributed by atoms with E-state index in [1.165, 1.54) is 17.4 Å². The van der Waals surface area contributed by atoms with Crippen molar-refractivity contribution in [1.29, 1.82) is 0 Å². The molecule has 2 aromatic rings. The molecular formula is C20H21ClN2O2. The maximum atomic E-state index is 12.9. The Bertz CT molecular complexity index is 819. The number of carbonyl (C=O) groups excluding carboxylic acids is 2. The Labute approximate surface area is 153 Å². The SMILES string of the molecule is CC(=O)N(CC(=O)N1CCCc2ccccc21)c1cc(Cl)ccc1C. The number of benzene rings is 2. The summed E-state index contributed by atoms with van der Waals surface area (Å²) in [6.07, 6.45) is 1.91.